The Morgan fingerprint density at radius 3 is 2.34 bits per heavy atom. The fourth-order valence-corrected chi connectivity index (χ4v) is 4.30. The van der Waals surface area contributed by atoms with E-state index in [2.05, 4.69) is 27.0 Å². The number of aryl methyl sites for hydroxylation is 1. The molecule has 1 aliphatic heterocycles. The molecule has 0 aliphatic carbocycles. The highest BCUT2D eigenvalue weighted by atomic mass is 16.6. The first-order chi connectivity index (χ1) is 15.0. The molecule has 8 heteroatoms. The summed E-state index contributed by atoms with van der Waals surface area (Å²) in [6.45, 7) is 13.8. The number of amides is 1. The molecule has 1 aliphatic rings. The minimum atomic E-state index is -0.487. The standard InChI is InChI=1S/C24H31N5O3/c1-14-20(16(3)30)15(2)25-21(14)22-26-18-8-7-17(13-19(18)27-22)28-9-11-29(12-10-28)23(31)32-24(4,5)6/h7-8,13,25H,9-12H2,1-6H3,(H,26,27). The van der Waals surface area contributed by atoms with Gasteiger partial charge in [-0.3, -0.25) is 4.79 Å². The van der Waals surface area contributed by atoms with Crippen LogP contribution in [0.2, 0.25) is 0 Å². The number of imidazole rings is 1. The van der Waals surface area contributed by atoms with Crippen LogP contribution in [0.15, 0.2) is 18.2 Å². The molecule has 1 saturated heterocycles. The van der Waals surface area contributed by atoms with Crippen molar-refractivity contribution in [2.75, 3.05) is 31.1 Å². The predicted octanol–water partition coefficient (Wildman–Crippen LogP) is 4.43. The van der Waals surface area contributed by atoms with Crippen LogP contribution >= 0.6 is 0 Å². The monoisotopic (exact) mass is 437 g/mol. The Morgan fingerprint density at radius 1 is 1.06 bits per heavy atom. The van der Waals surface area contributed by atoms with E-state index < -0.39 is 5.60 Å². The average molecular weight is 438 g/mol. The number of Topliss-reactive ketones (excluding diaryl/α,β-unsaturated/α-hetero) is 1. The second-order valence-corrected chi connectivity index (χ2v) is 9.42. The number of rotatable bonds is 3. The Morgan fingerprint density at radius 2 is 1.75 bits per heavy atom. The number of piperazine rings is 1. The maximum atomic E-state index is 12.3. The fraction of sp³-hybridized carbons (Fsp3) is 0.458. The van der Waals surface area contributed by atoms with Crippen molar-refractivity contribution in [1.82, 2.24) is 19.9 Å². The van der Waals surface area contributed by atoms with E-state index in [-0.39, 0.29) is 11.9 Å². The Hall–Kier alpha value is -3.29. The van der Waals surface area contributed by atoms with Crippen LogP contribution in [-0.2, 0) is 4.74 Å². The van der Waals surface area contributed by atoms with E-state index in [1.165, 1.54) is 0 Å². The van der Waals surface area contributed by atoms with Crippen molar-refractivity contribution in [1.29, 1.82) is 0 Å². The second-order valence-electron chi connectivity index (χ2n) is 9.42. The molecule has 0 spiro atoms. The molecular formula is C24H31N5O3. The van der Waals surface area contributed by atoms with Crippen LogP contribution in [0.3, 0.4) is 0 Å². The number of hydrogen-bond donors (Lipinski definition) is 2. The summed E-state index contributed by atoms with van der Waals surface area (Å²) in [5, 5.41) is 0. The van der Waals surface area contributed by atoms with Crippen molar-refractivity contribution >= 4 is 28.6 Å². The minimum absolute atomic E-state index is 0.0476. The topological polar surface area (TPSA) is 94.3 Å². The quantitative estimate of drug-likeness (QED) is 0.591. The van der Waals surface area contributed by atoms with Gasteiger partial charge in [-0.25, -0.2) is 9.78 Å². The lowest BCUT2D eigenvalue weighted by Gasteiger charge is -2.36. The number of hydrogen-bond acceptors (Lipinski definition) is 5. The van der Waals surface area contributed by atoms with Gasteiger partial charge in [0, 0.05) is 43.1 Å². The Bertz CT molecular complexity index is 1180. The number of carbonyl (C=O) groups is 2. The van der Waals surface area contributed by atoms with Gasteiger partial charge in [-0.1, -0.05) is 0 Å². The van der Waals surface area contributed by atoms with Crippen molar-refractivity contribution in [2.45, 2.75) is 47.1 Å². The van der Waals surface area contributed by atoms with Crippen molar-refractivity contribution in [3.63, 3.8) is 0 Å². The van der Waals surface area contributed by atoms with Gasteiger partial charge < -0.3 is 24.5 Å². The molecule has 2 aromatic heterocycles. The molecular weight excluding hydrogens is 406 g/mol. The largest absolute Gasteiger partial charge is 0.444 e. The van der Waals surface area contributed by atoms with E-state index in [1.807, 2.05) is 40.7 Å². The molecule has 0 atom stereocenters. The molecule has 32 heavy (non-hydrogen) atoms. The van der Waals surface area contributed by atoms with Crippen LogP contribution in [0.4, 0.5) is 10.5 Å². The minimum Gasteiger partial charge on any atom is -0.444 e. The van der Waals surface area contributed by atoms with Gasteiger partial charge in [-0.05, 0) is 65.3 Å². The molecule has 0 radical (unpaired) electrons. The van der Waals surface area contributed by atoms with Crippen LogP contribution < -0.4 is 4.90 Å². The molecule has 0 saturated carbocycles. The van der Waals surface area contributed by atoms with Gasteiger partial charge >= 0.3 is 6.09 Å². The lowest BCUT2D eigenvalue weighted by atomic mass is 10.1. The highest BCUT2D eigenvalue weighted by molar-refractivity contribution is 5.98. The number of nitrogens with one attached hydrogen (secondary N) is 2. The van der Waals surface area contributed by atoms with Crippen molar-refractivity contribution in [3.05, 3.63) is 35.0 Å². The number of fused-ring (bicyclic) bond motifs is 1. The van der Waals surface area contributed by atoms with Crippen molar-refractivity contribution in [3.8, 4) is 11.5 Å². The molecule has 1 aromatic carbocycles. The first kappa shape index (κ1) is 21.9. The Labute approximate surface area is 188 Å². The van der Waals surface area contributed by atoms with Crippen LogP contribution in [-0.4, -0.2) is 63.5 Å². The number of carbonyl (C=O) groups excluding carboxylic acids is 2. The molecule has 3 aromatic rings. The molecule has 4 rings (SSSR count). The fourth-order valence-electron chi connectivity index (χ4n) is 4.30. The van der Waals surface area contributed by atoms with Gasteiger partial charge in [-0.2, -0.15) is 0 Å². The molecule has 1 fully saturated rings. The SMILES string of the molecule is CC(=O)c1c(C)[nH]c(-c2nc3ccc(N4CCN(C(=O)OC(C)(C)C)CC4)cc3[nH]2)c1C. The van der Waals surface area contributed by atoms with Crippen molar-refractivity contribution in [2.24, 2.45) is 0 Å². The maximum absolute atomic E-state index is 12.3. The zero-order valence-electron chi connectivity index (χ0n) is 19.6. The highest BCUT2D eigenvalue weighted by Crippen LogP contribution is 2.29. The summed E-state index contributed by atoms with van der Waals surface area (Å²) in [6, 6.07) is 6.15. The number of benzene rings is 1. The Kier molecular flexibility index (Phi) is 5.48. The summed E-state index contributed by atoms with van der Waals surface area (Å²) in [7, 11) is 0. The van der Waals surface area contributed by atoms with Gasteiger partial charge in [-0.15, -0.1) is 0 Å². The lowest BCUT2D eigenvalue weighted by molar-refractivity contribution is 0.0240. The molecule has 1 amide bonds. The van der Waals surface area contributed by atoms with Gasteiger partial charge in [0.05, 0.1) is 16.7 Å². The van der Waals surface area contributed by atoms with Crippen LogP contribution in [0.1, 0.15) is 49.3 Å². The maximum Gasteiger partial charge on any atom is 0.410 e. The number of aromatic amines is 2. The van der Waals surface area contributed by atoms with Gasteiger partial charge in [0.2, 0.25) is 0 Å². The highest BCUT2D eigenvalue weighted by Gasteiger charge is 2.26. The summed E-state index contributed by atoms with van der Waals surface area (Å²) < 4.78 is 5.49. The van der Waals surface area contributed by atoms with Crippen LogP contribution in [0.5, 0.6) is 0 Å². The molecule has 8 nitrogen and oxygen atoms in total. The third-order valence-corrected chi connectivity index (χ3v) is 5.79. The van der Waals surface area contributed by atoms with Gasteiger partial charge in [0.15, 0.2) is 11.6 Å². The molecule has 3 heterocycles. The smallest absolute Gasteiger partial charge is 0.410 e. The number of anilines is 1. The first-order valence-electron chi connectivity index (χ1n) is 11.0. The van der Waals surface area contributed by atoms with Gasteiger partial charge in [0.1, 0.15) is 5.60 Å². The zero-order chi connectivity index (χ0) is 23.2. The summed E-state index contributed by atoms with van der Waals surface area (Å²) in [5.74, 6) is 0.770. The van der Waals surface area contributed by atoms with Crippen LogP contribution in [0, 0.1) is 13.8 Å². The van der Waals surface area contributed by atoms with E-state index in [1.54, 1.807) is 11.8 Å². The lowest BCUT2D eigenvalue weighted by Crippen LogP contribution is -2.50. The van der Waals surface area contributed by atoms with Gasteiger partial charge in [0.25, 0.3) is 0 Å². The Balaban J connectivity index is 1.52. The third kappa shape index (κ3) is 4.22. The number of aromatic nitrogens is 3. The average Bonchev–Trinajstić information content (AvgIpc) is 3.26. The number of nitrogens with zero attached hydrogens (tertiary/aromatic N) is 3. The van der Waals surface area contributed by atoms with E-state index in [0.29, 0.717) is 13.1 Å². The van der Waals surface area contributed by atoms with E-state index in [9.17, 15) is 9.59 Å². The number of ether oxygens (including phenoxy) is 1. The summed E-state index contributed by atoms with van der Waals surface area (Å²) >= 11 is 0. The van der Waals surface area contributed by atoms with Crippen LogP contribution in [0.25, 0.3) is 22.6 Å². The van der Waals surface area contributed by atoms with E-state index in [0.717, 1.165) is 58.1 Å². The number of ketones is 1. The van der Waals surface area contributed by atoms with Crippen molar-refractivity contribution < 1.29 is 14.3 Å². The summed E-state index contributed by atoms with van der Waals surface area (Å²) in [6.07, 6.45) is -0.257. The molecule has 0 unspecified atom stereocenters. The van der Waals surface area contributed by atoms with E-state index in [4.69, 9.17) is 9.72 Å². The van der Waals surface area contributed by atoms with E-state index >= 15 is 0 Å². The summed E-state index contributed by atoms with van der Waals surface area (Å²) in [5.41, 5.74) is 5.73. The zero-order valence-corrected chi connectivity index (χ0v) is 19.6. The molecule has 170 valence electrons. The second kappa shape index (κ2) is 8.00. The summed E-state index contributed by atoms with van der Waals surface area (Å²) in [4.78, 5) is 39.7. The molecule has 2 N–H and O–H groups in total. The molecule has 0 bridgehead atoms. The predicted molar refractivity (Wildman–Crippen MR) is 125 cm³/mol. The number of H-pyrrole nitrogens is 2. The first-order valence-corrected chi connectivity index (χ1v) is 11.0. The third-order valence-electron chi connectivity index (χ3n) is 5.79. The normalized spacial score (nSPS) is 14.8.